The molecule has 0 amide bonds. The van der Waals surface area contributed by atoms with E-state index in [1.807, 2.05) is 0 Å². The number of nitrogens with zero attached hydrogens (tertiary/aromatic N) is 3. The first-order chi connectivity index (χ1) is 6.33. The van der Waals surface area contributed by atoms with Crippen LogP contribution in [0.3, 0.4) is 0 Å². The summed E-state index contributed by atoms with van der Waals surface area (Å²) in [5.41, 5.74) is 1.01. The highest BCUT2D eigenvalue weighted by Gasteiger charge is 2.15. The lowest BCUT2D eigenvalue weighted by molar-refractivity contribution is 0.0745. The van der Waals surface area contributed by atoms with Crippen LogP contribution < -0.4 is 0 Å². The van der Waals surface area contributed by atoms with Gasteiger partial charge in [-0.05, 0) is 11.3 Å². The molecule has 0 aliphatic carbocycles. The summed E-state index contributed by atoms with van der Waals surface area (Å²) in [7, 11) is 0. The van der Waals surface area contributed by atoms with Crippen molar-refractivity contribution in [2.24, 2.45) is 0 Å². The first kappa shape index (κ1) is 7.93. The second kappa shape index (κ2) is 2.98. The van der Waals surface area contributed by atoms with Gasteiger partial charge < -0.3 is 9.27 Å². The maximum atomic E-state index is 11.0. The predicted molar refractivity (Wildman–Crippen MR) is 43.0 cm³/mol. The fraction of sp³-hybridized carbons (Fsp3) is 0. The quantitative estimate of drug-likeness (QED) is 0.728. The summed E-state index contributed by atoms with van der Waals surface area (Å²) in [4.78, 5) is 13.8. The SMILES string of the molecule is O=C(OCl)c1nnnc2cc[nH]c12. The summed E-state index contributed by atoms with van der Waals surface area (Å²) in [5, 5.41) is 10.5. The lowest BCUT2D eigenvalue weighted by atomic mass is 10.3. The van der Waals surface area contributed by atoms with Crippen LogP contribution in [0.1, 0.15) is 10.5 Å². The zero-order valence-corrected chi connectivity index (χ0v) is 6.95. The van der Waals surface area contributed by atoms with Crippen molar-refractivity contribution in [2.75, 3.05) is 0 Å². The number of carbonyl (C=O) groups is 1. The number of aromatic amines is 1. The highest BCUT2D eigenvalue weighted by molar-refractivity contribution is 6.17. The smallest absolute Gasteiger partial charge is 0.358 e. The molecule has 2 aromatic heterocycles. The van der Waals surface area contributed by atoms with Gasteiger partial charge in [0.15, 0.2) is 5.69 Å². The number of halogens is 1. The molecular formula is C6H3ClN4O2. The lowest BCUT2D eigenvalue weighted by Crippen LogP contribution is -2.05. The third-order valence-corrected chi connectivity index (χ3v) is 1.66. The molecule has 0 spiro atoms. The van der Waals surface area contributed by atoms with Crippen LogP contribution in [0.25, 0.3) is 11.0 Å². The standard InChI is InChI=1S/C6H3ClN4O2/c7-13-6(12)5-4-3(1-2-8-4)9-11-10-5/h1-2,8H. The molecule has 1 N–H and O–H groups in total. The minimum absolute atomic E-state index is 0.0185. The number of aromatic nitrogens is 4. The Morgan fingerprint density at radius 1 is 1.54 bits per heavy atom. The second-order valence-electron chi connectivity index (χ2n) is 2.24. The van der Waals surface area contributed by atoms with E-state index >= 15 is 0 Å². The van der Waals surface area contributed by atoms with E-state index in [2.05, 4.69) is 24.7 Å². The average molecular weight is 199 g/mol. The minimum Gasteiger partial charge on any atom is -0.358 e. The normalized spacial score (nSPS) is 10.2. The van der Waals surface area contributed by atoms with Crippen LogP contribution in [-0.2, 0) is 4.29 Å². The Balaban J connectivity index is 2.67. The number of hydrogen-bond donors (Lipinski definition) is 1. The molecule has 0 fully saturated rings. The van der Waals surface area contributed by atoms with Crippen LogP contribution >= 0.6 is 11.9 Å². The van der Waals surface area contributed by atoms with E-state index in [1.54, 1.807) is 12.3 Å². The number of hydrogen-bond acceptors (Lipinski definition) is 5. The molecule has 2 aromatic rings. The minimum atomic E-state index is -0.760. The van der Waals surface area contributed by atoms with Gasteiger partial charge in [-0.1, -0.05) is 0 Å². The molecule has 6 nitrogen and oxygen atoms in total. The van der Waals surface area contributed by atoms with E-state index in [4.69, 9.17) is 11.9 Å². The van der Waals surface area contributed by atoms with Gasteiger partial charge in [-0.25, -0.2) is 4.79 Å². The van der Waals surface area contributed by atoms with Crippen molar-refractivity contribution >= 4 is 28.9 Å². The van der Waals surface area contributed by atoms with Crippen molar-refractivity contribution in [1.82, 2.24) is 20.4 Å². The lowest BCUT2D eigenvalue weighted by Gasteiger charge is -1.94. The summed E-state index contributed by atoms with van der Waals surface area (Å²) < 4.78 is 4.00. The number of nitrogens with one attached hydrogen (secondary N) is 1. The van der Waals surface area contributed by atoms with Gasteiger partial charge in [0.25, 0.3) is 0 Å². The largest absolute Gasteiger partial charge is 0.379 e. The van der Waals surface area contributed by atoms with Crippen LogP contribution in [-0.4, -0.2) is 26.4 Å². The summed E-state index contributed by atoms with van der Waals surface area (Å²) in [5.74, 6) is -0.760. The zero-order valence-electron chi connectivity index (χ0n) is 6.19. The Labute approximate surface area is 77.0 Å². The van der Waals surface area contributed by atoms with E-state index in [0.717, 1.165) is 0 Å². The molecule has 0 saturated carbocycles. The van der Waals surface area contributed by atoms with E-state index in [1.165, 1.54) is 0 Å². The first-order valence-corrected chi connectivity index (χ1v) is 3.63. The van der Waals surface area contributed by atoms with Crippen LogP contribution in [0, 0.1) is 0 Å². The fourth-order valence-corrected chi connectivity index (χ4v) is 1.05. The number of rotatable bonds is 1. The van der Waals surface area contributed by atoms with Crippen LogP contribution in [0.5, 0.6) is 0 Å². The van der Waals surface area contributed by atoms with Gasteiger partial charge in [0.1, 0.15) is 22.9 Å². The first-order valence-electron chi connectivity index (χ1n) is 3.32. The fourth-order valence-electron chi connectivity index (χ4n) is 0.979. The van der Waals surface area contributed by atoms with Gasteiger partial charge in [-0.3, -0.25) is 0 Å². The maximum Gasteiger partial charge on any atom is 0.379 e. The molecule has 0 saturated heterocycles. The summed E-state index contributed by atoms with van der Waals surface area (Å²) in [6, 6.07) is 1.66. The molecule has 66 valence electrons. The van der Waals surface area contributed by atoms with Crippen molar-refractivity contribution in [3.63, 3.8) is 0 Å². The predicted octanol–water partition coefficient (Wildman–Crippen LogP) is 0.663. The Morgan fingerprint density at radius 3 is 3.15 bits per heavy atom. The van der Waals surface area contributed by atoms with Gasteiger partial charge in [0.05, 0.1) is 0 Å². The van der Waals surface area contributed by atoms with Crippen LogP contribution in [0.15, 0.2) is 12.3 Å². The van der Waals surface area contributed by atoms with E-state index < -0.39 is 5.97 Å². The highest BCUT2D eigenvalue weighted by Crippen LogP contribution is 2.11. The molecule has 0 atom stereocenters. The maximum absolute atomic E-state index is 11.0. The molecule has 13 heavy (non-hydrogen) atoms. The highest BCUT2D eigenvalue weighted by atomic mass is 35.5. The number of H-pyrrole nitrogens is 1. The second-order valence-corrected chi connectivity index (χ2v) is 2.39. The molecular weight excluding hydrogens is 196 g/mol. The Kier molecular flexibility index (Phi) is 1.82. The third kappa shape index (κ3) is 1.20. The van der Waals surface area contributed by atoms with Crippen molar-refractivity contribution in [3.8, 4) is 0 Å². The van der Waals surface area contributed by atoms with Gasteiger partial charge in [0, 0.05) is 6.20 Å². The summed E-state index contributed by atoms with van der Waals surface area (Å²) in [6.45, 7) is 0. The van der Waals surface area contributed by atoms with Crippen molar-refractivity contribution in [2.45, 2.75) is 0 Å². The molecule has 7 heteroatoms. The monoisotopic (exact) mass is 198 g/mol. The van der Waals surface area contributed by atoms with Gasteiger partial charge in [-0.15, -0.1) is 10.2 Å². The molecule has 2 heterocycles. The van der Waals surface area contributed by atoms with Crippen molar-refractivity contribution < 1.29 is 9.08 Å². The molecule has 0 aromatic carbocycles. The Morgan fingerprint density at radius 2 is 2.38 bits per heavy atom. The Hall–Kier alpha value is -1.69. The van der Waals surface area contributed by atoms with E-state index in [-0.39, 0.29) is 5.69 Å². The zero-order chi connectivity index (χ0) is 9.26. The summed E-state index contributed by atoms with van der Waals surface area (Å²) in [6.07, 6.45) is 1.62. The third-order valence-electron chi connectivity index (χ3n) is 1.52. The molecule has 0 radical (unpaired) electrons. The summed E-state index contributed by atoms with van der Waals surface area (Å²) >= 11 is 4.90. The Bertz CT molecular complexity index is 455. The van der Waals surface area contributed by atoms with E-state index in [9.17, 15) is 4.79 Å². The van der Waals surface area contributed by atoms with Gasteiger partial charge >= 0.3 is 5.97 Å². The van der Waals surface area contributed by atoms with Crippen molar-refractivity contribution in [3.05, 3.63) is 18.0 Å². The molecule has 2 rings (SSSR count). The van der Waals surface area contributed by atoms with Gasteiger partial charge in [0.2, 0.25) is 0 Å². The van der Waals surface area contributed by atoms with Crippen LogP contribution in [0.4, 0.5) is 0 Å². The topological polar surface area (TPSA) is 80.8 Å². The number of carbonyl (C=O) groups excluding carboxylic acids is 1. The van der Waals surface area contributed by atoms with Crippen LogP contribution in [0.2, 0.25) is 0 Å². The molecule has 0 aliphatic heterocycles. The molecule has 0 bridgehead atoms. The molecule has 0 aliphatic rings. The van der Waals surface area contributed by atoms with Crippen molar-refractivity contribution in [1.29, 1.82) is 0 Å². The number of fused-ring (bicyclic) bond motifs is 1. The van der Waals surface area contributed by atoms with E-state index in [0.29, 0.717) is 11.0 Å². The van der Waals surface area contributed by atoms with Gasteiger partial charge in [-0.2, -0.15) is 0 Å². The average Bonchev–Trinajstić information content (AvgIpc) is 2.63. The molecule has 0 unspecified atom stereocenters.